The number of benzene rings is 2. The summed E-state index contributed by atoms with van der Waals surface area (Å²) in [6.45, 7) is 6.11. The number of aromatic nitrogens is 2. The molecule has 4 rings (SSSR count). The van der Waals surface area contributed by atoms with Gasteiger partial charge in [-0.2, -0.15) is 5.10 Å². The smallest absolute Gasteiger partial charge is 0.274 e. The molecule has 33 heavy (non-hydrogen) atoms. The van der Waals surface area contributed by atoms with E-state index < -0.39 is 0 Å². The average Bonchev–Trinajstić information content (AvgIpc) is 3.23. The molecule has 1 aliphatic rings. The summed E-state index contributed by atoms with van der Waals surface area (Å²) in [4.78, 5) is 27.7. The second-order valence-electron chi connectivity index (χ2n) is 9.09. The fourth-order valence-electron chi connectivity index (χ4n) is 4.59. The first-order valence-corrected chi connectivity index (χ1v) is 12.0. The molecular weight excluding hydrogens is 436 g/mol. The minimum absolute atomic E-state index is 0.0603. The summed E-state index contributed by atoms with van der Waals surface area (Å²) < 4.78 is 1.63. The van der Waals surface area contributed by atoms with Gasteiger partial charge in [0.1, 0.15) is 0 Å². The van der Waals surface area contributed by atoms with Crippen molar-refractivity contribution in [1.29, 1.82) is 0 Å². The first-order chi connectivity index (χ1) is 15.9. The van der Waals surface area contributed by atoms with E-state index in [0.717, 1.165) is 36.0 Å². The van der Waals surface area contributed by atoms with Crippen molar-refractivity contribution in [2.75, 3.05) is 13.1 Å². The highest BCUT2D eigenvalue weighted by Gasteiger charge is 2.26. The van der Waals surface area contributed by atoms with Gasteiger partial charge in [-0.15, -0.1) is 0 Å². The third-order valence-electron chi connectivity index (χ3n) is 6.19. The number of fused-ring (bicyclic) bond motifs is 1. The molecule has 6 nitrogen and oxygen atoms in total. The summed E-state index contributed by atoms with van der Waals surface area (Å²) in [7, 11) is 0. The first-order valence-electron chi connectivity index (χ1n) is 11.7. The molecule has 0 bridgehead atoms. The molecule has 7 heteroatoms. The van der Waals surface area contributed by atoms with E-state index in [-0.39, 0.29) is 23.6 Å². The van der Waals surface area contributed by atoms with E-state index in [1.807, 2.05) is 62.4 Å². The Labute approximate surface area is 199 Å². The molecule has 0 unspecified atom stereocenters. The molecule has 1 N–H and O–H groups in total. The van der Waals surface area contributed by atoms with Gasteiger partial charge in [0.2, 0.25) is 5.91 Å². The number of hydrogen-bond acceptors (Lipinski definition) is 4. The molecule has 1 saturated heterocycles. The van der Waals surface area contributed by atoms with Crippen LogP contribution in [-0.4, -0.2) is 45.8 Å². The van der Waals surface area contributed by atoms with E-state index in [4.69, 9.17) is 16.7 Å². The van der Waals surface area contributed by atoms with Crippen molar-refractivity contribution in [1.82, 2.24) is 20.0 Å². The number of amides is 1. The van der Waals surface area contributed by atoms with E-state index in [2.05, 4.69) is 10.2 Å². The standard InChI is InChI=1S/C26H31ClN4O2/c1-18(2)28-25(32)13-15-30-14-5-6-21(30)17-31-26(33)23-8-4-3-7-22(23)24(29-31)16-19-9-11-20(27)12-10-19/h3-4,7-12,18,21H,5-6,13-17H2,1-2H3,(H,28,32)/t21-/m1/s1. The van der Waals surface area contributed by atoms with Crippen LogP contribution in [0, 0.1) is 0 Å². The van der Waals surface area contributed by atoms with Gasteiger partial charge in [-0.05, 0) is 57.0 Å². The molecule has 0 saturated carbocycles. The third kappa shape index (κ3) is 5.81. The van der Waals surface area contributed by atoms with Gasteiger partial charge < -0.3 is 5.32 Å². The van der Waals surface area contributed by atoms with Crippen molar-refractivity contribution < 1.29 is 4.79 Å². The number of carbonyl (C=O) groups excluding carboxylic acids is 1. The Bertz CT molecular complexity index is 1170. The van der Waals surface area contributed by atoms with Gasteiger partial charge in [0.15, 0.2) is 0 Å². The molecule has 174 valence electrons. The largest absolute Gasteiger partial charge is 0.354 e. The highest BCUT2D eigenvalue weighted by molar-refractivity contribution is 6.30. The van der Waals surface area contributed by atoms with Gasteiger partial charge in [-0.25, -0.2) is 4.68 Å². The van der Waals surface area contributed by atoms with Gasteiger partial charge >= 0.3 is 0 Å². The van der Waals surface area contributed by atoms with E-state index in [9.17, 15) is 9.59 Å². The van der Waals surface area contributed by atoms with Crippen molar-refractivity contribution >= 4 is 28.3 Å². The third-order valence-corrected chi connectivity index (χ3v) is 6.44. The van der Waals surface area contributed by atoms with E-state index in [1.165, 1.54) is 0 Å². The van der Waals surface area contributed by atoms with E-state index in [1.54, 1.807) is 4.68 Å². The van der Waals surface area contributed by atoms with Crippen LogP contribution in [0.15, 0.2) is 53.3 Å². The van der Waals surface area contributed by atoms with Crippen molar-refractivity contribution in [2.24, 2.45) is 0 Å². The highest BCUT2D eigenvalue weighted by atomic mass is 35.5. The van der Waals surface area contributed by atoms with E-state index >= 15 is 0 Å². The number of nitrogens with zero attached hydrogens (tertiary/aromatic N) is 3. The Morgan fingerprint density at radius 2 is 1.88 bits per heavy atom. The molecule has 3 aromatic rings. The Balaban J connectivity index is 1.57. The van der Waals surface area contributed by atoms with Crippen LogP contribution in [0.1, 0.15) is 44.4 Å². The summed E-state index contributed by atoms with van der Waals surface area (Å²) in [6, 6.07) is 15.8. The maximum atomic E-state index is 13.3. The lowest BCUT2D eigenvalue weighted by Crippen LogP contribution is -2.40. The minimum Gasteiger partial charge on any atom is -0.354 e. The molecule has 1 aliphatic heterocycles. The number of nitrogens with one attached hydrogen (secondary N) is 1. The zero-order valence-electron chi connectivity index (χ0n) is 19.3. The molecule has 1 fully saturated rings. The van der Waals surface area contributed by atoms with Crippen LogP contribution in [0.2, 0.25) is 5.02 Å². The zero-order chi connectivity index (χ0) is 23.4. The van der Waals surface area contributed by atoms with Crippen molar-refractivity contribution in [3.8, 4) is 0 Å². The lowest BCUT2D eigenvalue weighted by atomic mass is 10.0. The second kappa shape index (κ2) is 10.5. The highest BCUT2D eigenvalue weighted by Crippen LogP contribution is 2.21. The zero-order valence-corrected chi connectivity index (χ0v) is 20.0. The molecule has 0 radical (unpaired) electrons. The molecular formula is C26H31ClN4O2. The topological polar surface area (TPSA) is 67.2 Å². The van der Waals surface area contributed by atoms with Crippen molar-refractivity contribution in [3.63, 3.8) is 0 Å². The second-order valence-corrected chi connectivity index (χ2v) is 9.52. The quantitative estimate of drug-likeness (QED) is 0.544. The van der Waals surface area contributed by atoms with Crippen LogP contribution >= 0.6 is 11.6 Å². The maximum absolute atomic E-state index is 13.3. The SMILES string of the molecule is CC(C)NC(=O)CCN1CCC[C@@H]1Cn1nc(Cc2ccc(Cl)cc2)c2ccccc2c1=O. The monoisotopic (exact) mass is 466 g/mol. The summed E-state index contributed by atoms with van der Waals surface area (Å²) in [6.07, 6.45) is 3.16. The van der Waals surface area contributed by atoms with Gasteiger partial charge in [-0.3, -0.25) is 14.5 Å². The summed E-state index contributed by atoms with van der Waals surface area (Å²) >= 11 is 6.04. The average molecular weight is 467 g/mol. The molecule has 1 amide bonds. The van der Waals surface area contributed by atoms with Gasteiger partial charge in [-0.1, -0.05) is 41.9 Å². The summed E-state index contributed by atoms with van der Waals surface area (Å²) in [5, 5.41) is 10.1. The minimum atomic E-state index is -0.0603. The molecule has 0 spiro atoms. The van der Waals surface area contributed by atoms with Gasteiger partial charge in [0.25, 0.3) is 5.56 Å². The Hall–Kier alpha value is -2.70. The van der Waals surface area contributed by atoms with E-state index in [0.29, 0.717) is 36.3 Å². The van der Waals surface area contributed by atoms with Crippen LogP contribution in [-0.2, 0) is 17.8 Å². The lowest BCUT2D eigenvalue weighted by Gasteiger charge is -2.25. The normalized spacial score (nSPS) is 16.5. The number of halogens is 1. The van der Waals surface area contributed by atoms with Gasteiger partial charge in [0.05, 0.1) is 17.6 Å². The molecule has 2 heterocycles. The molecule has 0 aliphatic carbocycles. The number of rotatable bonds is 8. The van der Waals surface area contributed by atoms with Crippen LogP contribution in [0.5, 0.6) is 0 Å². The van der Waals surface area contributed by atoms with Crippen molar-refractivity contribution in [3.05, 3.63) is 75.2 Å². The molecule has 1 aromatic heterocycles. The van der Waals surface area contributed by atoms with Crippen LogP contribution in [0.4, 0.5) is 0 Å². The summed E-state index contributed by atoms with van der Waals surface area (Å²) in [5.41, 5.74) is 1.92. The predicted octanol–water partition coefficient (Wildman–Crippen LogP) is 4.02. The van der Waals surface area contributed by atoms with Crippen LogP contribution < -0.4 is 10.9 Å². The fraction of sp³-hybridized carbons (Fsp3) is 0.423. The van der Waals surface area contributed by atoms with Crippen LogP contribution in [0.25, 0.3) is 10.8 Å². The molecule has 2 aromatic carbocycles. The van der Waals surface area contributed by atoms with Crippen LogP contribution in [0.3, 0.4) is 0 Å². The number of carbonyl (C=O) groups is 1. The Morgan fingerprint density at radius 1 is 1.15 bits per heavy atom. The van der Waals surface area contributed by atoms with Gasteiger partial charge in [0, 0.05) is 41.9 Å². The molecule has 1 atom stereocenters. The summed E-state index contributed by atoms with van der Waals surface area (Å²) in [5.74, 6) is 0.0712. The van der Waals surface area contributed by atoms with Crippen molar-refractivity contribution in [2.45, 2.75) is 58.2 Å². The first kappa shape index (κ1) is 23.5. The number of likely N-dealkylation sites (tertiary alicyclic amines) is 1. The Kier molecular flexibility index (Phi) is 7.46. The fourth-order valence-corrected chi connectivity index (χ4v) is 4.72. The lowest BCUT2D eigenvalue weighted by molar-refractivity contribution is -0.121. The maximum Gasteiger partial charge on any atom is 0.274 e. The Morgan fingerprint density at radius 3 is 2.61 bits per heavy atom. The number of hydrogen-bond donors (Lipinski definition) is 1. The predicted molar refractivity (Wildman–Crippen MR) is 133 cm³/mol.